The number of ether oxygens (including phenoxy) is 1. The maximum absolute atomic E-state index is 12.6. The first-order valence-electron chi connectivity index (χ1n) is 9.70. The summed E-state index contributed by atoms with van der Waals surface area (Å²) in [6.07, 6.45) is 2.10. The van der Waals surface area contributed by atoms with Gasteiger partial charge in [-0.15, -0.1) is 0 Å². The van der Waals surface area contributed by atoms with Gasteiger partial charge in [0, 0.05) is 0 Å². The van der Waals surface area contributed by atoms with E-state index < -0.39 is 17.9 Å². The van der Waals surface area contributed by atoms with Gasteiger partial charge in [0.1, 0.15) is 6.61 Å². The van der Waals surface area contributed by atoms with Crippen LogP contribution < -0.4 is 0 Å². The van der Waals surface area contributed by atoms with E-state index in [1.165, 1.54) is 5.56 Å². The molecule has 1 aliphatic carbocycles. The number of carbonyl (C=O) groups excluding carboxylic acids is 1. The Bertz CT molecular complexity index is 881. The summed E-state index contributed by atoms with van der Waals surface area (Å²) in [4.78, 5) is 24.5. The van der Waals surface area contributed by atoms with Crippen molar-refractivity contribution in [1.82, 2.24) is 0 Å². The van der Waals surface area contributed by atoms with Gasteiger partial charge < -0.3 is 9.84 Å². The van der Waals surface area contributed by atoms with Gasteiger partial charge in [-0.25, -0.2) is 0 Å². The van der Waals surface area contributed by atoms with Gasteiger partial charge in [0.15, 0.2) is 5.92 Å². The number of benzene rings is 2. The zero-order valence-corrected chi connectivity index (χ0v) is 17.0. The van der Waals surface area contributed by atoms with E-state index in [-0.39, 0.29) is 17.4 Å². The Balaban J connectivity index is 1.90. The maximum atomic E-state index is 12.6. The molecule has 0 aromatic heterocycles. The van der Waals surface area contributed by atoms with E-state index in [1.807, 2.05) is 42.5 Å². The number of carbonyl (C=O) groups is 2. The van der Waals surface area contributed by atoms with Crippen LogP contribution in [-0.2, 0) is 31.8 Å². The maximum Gasteiger partial charge on any atom is 0.325 e. The Morgan fingerprint density at radius 3 is 2.18 bits per heavy atom. The molecule has 0 spiro atoms. The number of hydrogen-bond donors (Lipinski definition) is 1. The molecule has 0 fully saturated rings. The van der Waals surface area contributed by atoms with E-state index in [1.54, 1.807) is 6.07 Å². The molecule has 3 rings (SSSR count). The first kappa shape index (κ1) is 20.1. The zero-order chi connectivity index (χ0) is 20.5. The first-order chi connectivity index (χ1) is 13.1. The molecule has 4 heteroatoms. The van der Waals surface area contributed by atoms with Gasteiger partial charge in [-0.05, 0) is 45.9 Å². The summed E-state index contributed by atoms with van der Waals surface area (Å²) in [6, 6.07) is 14.9. The number of carboxylic acids is 1. The number of aliphatic carboxylic acids is 1. The standard InChI is InChI=1S/C24H28O4/c1-23(2)12-13-24(3,4)19-14-17(10-11-18(19)23)20(21(25)26)22(27)28-15-16-8-6-5-7-9-16/h5-11,14,20H,12-13,15H2,1-4H3,(H,25,26). The number of carboxylic acid groups (broad SMARTS) is 1. The minimum absolute atomic E-state index is 0.0376. The van der Waals surface area contributed by atoms with Gasteiger partial charge >= 0.3 is 11.9 Å². The Morgan fingerprint density at radius 1 is 0.964 bits per heavy atom. The normalized spacial score (nSPS) is 18.0. The van der Waals surface area contributed by atoms with Crippen molar-refractivity contribution in [3.05, 3.63) is 70.8 Å². The minimum atomic E-state index is -1.32. The third kappa shape index (κ3) is 3.96. The molecule has 148 valence electrons. The monoisotopic (exact) mass is 380 g/mol. The molecule has 4 nitrogen and oxygen atoms in total. The van der Waals surface area contributed by atoms with Gasteiger partial charge in [0.05, 0.1) is 0 Å². The fourth-order valence-electron chi connectivity index (χ4n) is 3.98. The van der Waals surface area contributed by atoms with Crippen molar-refractivity contribution >= 4 is 11.9 Å². The molecule has 0 amide bonds. The van der Waals surface area contributed by atoms with E-state index >= 15 is 0 Å². The molecule has 2 aromatic rings. The molecule has 0 saturated carbocycles. The molecular formula is C24H28O4. The quantitative estimate of drug-likeness (QED) is 0.589. The lowest BCUT2D eigenvalue weighted by atomic mass is 9.62. The lowest BCUT2D eigenvalue weighted by Crippen LogP contribution is -2.34. The zero-order valence-electron chi connectivity index (χ0n) is 17.0. The number of rotatable bonds is 5. The molecule has 0 radical (unpaired) electrons. The summed E-state index contributed by atoms with van der Waals surface area (Å²) >= 11 is 0. The van der Waals surface area contributed by atoms with Crippen molar-refractivity contribution in [1.29, 1.82) is 0 Å². The van der Waals surface area contributed by atoms with Gasteiger partial charge in [-0.1, -0.05) is 76.2 Å². The summed E-state index contributed by atoms with van der Waals surface area (Å²) in [7, 11) is 0. The van der Waals surface area contributed by atoms with Gasteiger partial charge in [-0.3, -0.25) is 9.59 Å². The summed E-state index contributed by atoms with van der Waals surface area (Å²) < 4.78 is 5.32. The van der Waals surface area contributed by atoms with Gasteiger partial charge in [-0.2, -0.15) is 0 Å². The third-order valence-electron chi connectivity index (χ3n) is 5.92. The highest BCUT2D eigenvalue weighted by atomic mass is 16.5. The summed E-state index contributed by atoms with van der Waals surface area (Å²) in [5.74, 6) is -3.25. The van der Waals surface area contributed by atoms with Gasteiger partial charge in [0.2, 0.25) is 0 Å². The van der Waals surface area contributed by atoms with Crippen LogP contribution in [0.1, 0.15) is 68.7 Å². The molecule has 28 heavy (non-hydrogen) atoms. The average molecular weight is 380 g/mol. The molecule has 1 atom stereocenters. The Hall–Kier alpha value is -2.62. The number of hydrogen-bond acceptors (Lipinski definition) is 3. The van der Waals surface area contributed by atoms with Crippen LogP contribution in [0.25, 0.3) is 0 Å². The topological polar surface area (TPSA) is 63.6 Å². The van der Waals surface area contributed by atoms with Crippen LogP contribution in [0.5, 0.6) is 0 Å². The molecule has 1 unspecified atom stereocenters. The van der Waals surface area contributed by atoms with E-state index in [4.69, 9.17) is 4.74 Å². The molecule has 1 N–H and O–H groups in total. The van der Waals surface area contributed by atoms with Crippen molar-refractivity contribution < 1.29 is 19.4 Å². The highest BCUT2D eigenvalue weighted by Crippen LogP contribution is 2.46. The SMILES string of the molecule is CC1(C)CCC(C)(C)c2cc(C(C(=O)O)C(=O)OCc3ccccc3)ccc21. The second-order valence-corrected chi connectivity index (χ2v) is 8.94. The van der Waals surface area contributed by atoms with Crippen molar-refractivity contribution in [3.8, 4) is 0 Å². The molecule has 0 bridgehead atoms. The van der Waals surface area contributed by atoms with Crippen LogP contribution in [0.2, 0.25) is 0 Å². The summed E-state index contributed by atoms with van der Waals surface area (Å²) in [5.41, 5.74) is 3.65. The van der Waals surface area contributed by atoms with Crippen molar-refractivity contribution in [2.45, 2.75) is 63.9 Å². The second kappa shape index (κ2) is 7.42. The van der Waals surface area contributed by atoms with Crippen LogP contribution in [-0.4, -0.2) is 17.0 Å². The summed E-state index contributed by atoms with van der Waals surface area (Å²) in [5, 5.41) is 9.73. The fraction of sp³-hybridized carbons (Fsp3) is 0.417. The predicted octanol–water partition coefficient (Wildman–Crippen LogP) is 4.95. The van der Waals surface area contributed by atoms with Crippen LogP contribution in [0, 0.1) is 0 Å². The van der Waals surface area contributed by atoms with E-state index in [0.717, 1.165) is 24.0 Å². The molecule has 1 aliphatic rings. The van der Waals surface area contributed by atoms with Crippen LogP contribution in [0.15, 0.2) is 48.5 Å². The van der Waals surface area contributed by atoms with E-state index in [9.17, 15) is 14.7 Å². The first-order valence-corrected chi connectivity index (χ1v) is 9.70. The molecular weight excluding hydrogens is 352 g/mol. The van der Waals surface area contributed by atoms with Crippen molar-refractivity contribution in [2.75, 3.05) is 0 Å². The average Bonchev–Trinajstić information content (AvgIpc) is 2.65. The molecule has 0 heterocycles. The highest BCUT2D eigenvalue weighted by molar-refractivity contribution is 6.00. The highest BCUT2D eigenvalue weighted by Gasteiger charge is 2.39. The molecule has 0 saturated heterocycles. The second-order valence-electron chi connectivity index (χ2n) is 8.94. The van der Waals surface area contributed by atoms with Crippen LogP contribution in [0.4, 0.5) is 0 Å². The Labute approximate surface area is 166 Å². The number of fused-ring (bicyclic) bond motifs is 1. The van der Waals surface area contributed by atoms with E-state index in [0.29, 0.717) is 5.56 Å². The van der Waals surface area contributed by atoms with Crippen molar-refractivity contribution in [2.24, 2.45) is 0 Å². The van der Waals surface area contributed by atoms with E-state index in [2.05, 4.69) is 27.7 Å². The lowest BCUT2D eigenvalue weighted by molar-refractivity contribution is -0.155. The fourth-order valence-corrected chi connectivity index (χ4v) is 3.98. The Morgan fingerprint density at radius 2 is 1.57 bits per heavy atom. The molecule has 2 aromatic carbocycles. The smallest absolute Gasteiger partial charge is 0.325 e. The minimum Gasteiger partial charge on any atom is -0.480 e. The largest absolute Gasteiger partial charge is 0.480 e. The van der Waals surface area contributed by atoms with Crippen LogP contribution >= 0.6 is 0 Å². The Kier molecular flexibility index (Phi) is 5.33. The third-order valence-corrected chi connectivity index (χ3v) is 5.92. The molecule has 0 aliphatic heterocycles. The predicted molar refractivity (Wildman–Crippen MR) is 108 cm³/mol. The van der Waals surface area contributed by atoms with Gasteiger partial charge in [0.25, 0.3) is 0 Å². The van der Waals surface area contributed by atoms with Crippen LogP contribution in [0.3, 0.4) is 0 Å². The lowest BCUT2D eigenvalue weighted by Gasteiger charge is -2.42. The van der Waals surface area contributed by atoms with Crippen molar-refractivity contribution in [3.63, 3.8) is 0 Å². The summed E-state index contributed by atoms with van der Waals surface area (Å²) in [6.45, 7) is 8.84. The number of esters is 1.